The molecular formula is C19H36N3O+. The number of carbonyl (C=O) groups excluding carboxylic acids is 1. The molecule has 2 unspecified atom stereocenters. The molecule has 1 heterocycles. The summed E-state index contributed by atoms with van der Waals surface area (Å²) in [5, 5.41) is 2.93. The van der Waals surface area contributed by atoms with Crippen LogP contribution in [0.25, 0.3) is 0 Å². The van der Waals surface area contributed by atoms with Gasteiger partial charge >= 0.3 is 0 Å². The highest BCUT2D eigenvalue weighted by Crippen LogP contribution is 2.23. The fourth-order valence-electron chi connectivity index (χ4n) is 3.31. The van der Waals surface area contributed by atoms with E-state index in [-0.39, 0.29) is 5.91 Å². The summed E-state index contributed by atoms with van der Waals surface area (Å²) in [6, 6.07) is 0. The van der Waals surface area contributed by atoms with Crippen LogP contribution in [-0.2, 0) is 4.79 Å². The standard InChI is InChI=1S/C19H35N3O/c1-4-6-7-8-9-10-11-12-13-19-21-15-17-22(19,5-2)16-14-20-18(3)23/h10-11,15,19H,4-9,12-14,16-17H2,1-3H3/p+1/b11-10+. The van der Waals surface area contributed by atoms with Gasteiger partial charge in [0.1, 0.15) is 6.54 Å². The molecule has 0 aromatic carbocycles. The Hall–Kier alpha value is -1.16. The zero-order valence-corrected chi connectivity index (χ0v) is 15.4. The van der Waals surface area contributed by atoms with Gasteiger partial charge in [0, 0.05) is 13.3 Å². The van der Waals surface area contributed by atoms with E-state index < -0.39 is 0 Å². The topological polar surface area (TPSA) is 41.5 Å². The van der Waals surface area contributed by atoms with Crippen molar-refractivity contribution in [2.24, 2.45) is 4.99 Å². The highest BCUT2D eigenvalue weighted by atomic mass is 16.1. The Kier molecular flexibility index (Phi) is 9.85. The second-order valence-corrected chi connectivity index (χ2v) is 6.63. The Morgan fingerprint density at radius 3 is 2.74 bits per heavy atom. The lowest BCUT2D eigenvalue weighted by atomic mass is 10.1. The van der Waals surface area contributed by atoms with Crippen molar-refractivity contribution in [1.82, 2.24) is 5.32 Å². The van der Waals surface area contributed by atoms with Crippen LogP contribution in [0.3, 0.4) is 0 Å². The molecule has 0 radical (unpaired) electrons. The fourth-order valence-corrected chi connectivity index (χ4v) is 3.31. The average Bonchev–Trinajstić information content (AvgIpc) is 2.93. The Morgan fingerprint density at radius 1 is 1.26 bits per heavy atom. The number of unbranched alkanes of at least 4 members (excludes halogenated alkanes) is 4. The zero-order chi connectivity index (χ0) is 17.0. The van der Waals surface area contributed by atoms with Crippen LogP contribution in [0.5, 0.6) is 0 Å². The van der Waals surface area contributed by atoms with Crippen molar-refractivity contribution in [1.29, 1.82) is 0 Å². The molecule has 4 heteroatoms. The molecule has 2 atom stereocenters. The molecule has 0 aromatic heterocycles. The van der Waals surface area contributed by atoms with Crippen LogP contribution in [-0.4, -0.2) is 48.9 Å². The summed E-state index contributed by atoms with van der Waals surface area (Å²) in [6.07, 6.45) is 15.9. The first-order valence-corrected chi connectivity index (χ1v) is 9.41. The number of likely N-dealkylation sites (N-methyl/N-ethyl adjacent to an activating group) is 1. The number of quaternary nitrogens is 1. The first kappa shape index (κ1) is 19.9. The number of nitrogens with one attached hydrogen (secondary N) is 1. The number of carbonyl (C=O) groups is 1. The molecule has 4 nitrogen and oxygen atoms in total. The molecule has 1 aliphatic rings. The maximum Gasteiger partial charge on any atom is 0.217 e. The number of amides is 1. The van der Waals surface area contributed by atoms with Gasteiger partial charge in [-0.3, -0.25) is 9.28 Å². The van der Waals surface area contributed by atoms with Crippen LogP contribution in [0.1, 0.15) is 65.7 Å². The van der Waals surface area contributed by atoms with Crippen LogP contribution >= 0.6 is 0 Å². The predicted molar refractivity (Wildman–Crippen MR) is 98.6 cm³/mol. The molecule has 23 heavy (non-hydrogen) atoms. The van der Waals surface area contributed by atoms with Crippen LogP contribution < -0.4 is 5.32 Å². The molecule has 0 saturated carbocycles. The van der Waals surface area contributed by atoms with Crippen LogP contribution in [0.4, 0.5) is 0 Å². The zero-order valence-electron chi connectivity index (χ0n) is 15.4. The Labute approximate surface area is 142 Å². The van der Waals surface area contributed by atoms with Crippen molar-refractivity contribution in [2.75, 3.05) is 26.2 Å². The van der Waals surface area contributed by atoms with E-state index in [9.17, 15) is 4.79 Å². The summed E-state index contributed by atoms with van der Waals surface area (Å²) in [4.78, 5) is 15.8. The summed E-state index contributed by atoms with van der Waals surface area (Å²) in [7, 11) is 0. The molecule has 0 fully saturated rings. The first-order valence-electron chi connectivity index (χ1n) is 9.41. The smallest absolute Gasteiger partial charge is 0.217 e. The summed E-state index contributed by atoms with van der Waals surface area (Å²) >= 11 is 0. The van der Waals surface area contributed by atoms with Gasteiger partial charge in [-0.2, -0.15) is 0 Å². The third-order valence-corrected chi connectivity index (χ3v) is 4.90. The molecule has 0 spiro atoms. The molecule has 1 amide bonds. The summed E-state index contributed by atoms with van der Waals surface area (Å²) in [5.74, 6) is 0.0573. The minimum Gasteiger partial charge on any atom is -0.351 e. The number of hydrogen-bond acceptors (Lipinski definition) is 2. The largest absolute Gasteiger partial charge is 0.351 e. The van der Waals surface area contributed by atoms with Gasteiger partial charge in [0.2, 0.25) is 5.91 Å². The molecule has 1 aliphatic heterocycles. The summed E-state index contributed by atoms with van der Waals surface area (Å²) < 4.78 is 0.991. The van der Waals surface area contributed by atoms with Gasteiger partial charge < -0.3 is 5.32 Å². The molecule has 0 saturated heterocycles. The highest BCUT2D eigenvalue weighted by molar-refractivity contribution is 5.72. The SMILES string of the molecule is CCCCCC/C=C/CCC1N=CC[N+]1(CC)CCNC(C)=O. The van der Waals surface area contributed by atoms with E-state index >= 15 is 0 Å². The van der Waals surface area contributed by atoms with Gasteiger partial charge in [0.05, 0.1) is 25.8 Å². The Morgan fingerprint density at radius 2 is 2.04 bits per heavy atom. The molecule has 132 valence electrons. The Bertz CT molecular complexity index is 392. The van der Waals surface area contributed by atoms with E-state index in [1.807, 2.05) is 0 Å². The van der Waals surface area contributed by atoms with E-state index in [4.69, 9.17) is 4.99 Å². The molecule has 0 aliphatic carbocycles. The molecule has 0 bridgehead atoms. The minimum atomic E-state index is 0.0573. The summed E-state index contributed by atoms with van der Waals surface area (Å²) in [6.45, 7) is 9.87. The average molecular weight is 323 g/mol. The lowest BCUT2D eigenvalue weighted by molar-refractivity contribution is -0.935. The van der Waals surface area contributed by atoms with Crippen LogP contribution in [0.15, 0.2) is 17.1 Å². The number of aliphatic imine (C=N–C) groups is 1. The van der Waals surface area contributed by atoms with Gasteiger partial charge in [-0.15, -0.1) is 0 Å². The van der Waals surface area contributed by atoms with Crippen molar-refractivity contribution < 1.29 is 9.28 Å². The maximum atomic E-state index is 11.1. The van der Waals surface area contributed by atoms with Gasteiger partial charge in [0.25, 0.3) is 0 Å². The fraction of sp³-hybridized carbons (Fsp3) is 0.789. The molecule has 1 N–H and O–H groups in total. The maximum absolute atomic E-state index is 11.1. The third kappa shape index (κ3) is 7.30. The van der Waals surface area contributed by atoms with Gasteiger partial charge in [0.15, 0.2) is 6.17 Å². The van der Waals surface area contributed by atoms with E-state index in [0.29, 0.717) is 6.17 Å². The second kappa shape index (κ2) is 11.4. The number of allylic oxidation sites excluding steroid dienone is 2. The van der Waals surface area contributed by atoms with E-state index in [0.717, 1.165) is 43.5 Å². The lowest BCUT2D eigenvalue weighted by Crippen LogP contribution is -2.55. The van der Waals surface area contributed by atoms with Crippen molar-refractivity contribution >= 4 is 12.1 Å². The van der Waals surface area contributed by atoms with E-state index in [2.05, 4.69) is 37.5 Å². The van der Waals surface area contributed by atoms with Gasteiger partial charge in [-0.1, -0.05) is 38.3 Å². The lowest BCUT2D eigenvalue weighted by Gasteiger charge is -2.38. The van der Waals surface area contributed by atoms with Crippen LogP contribution in [0.2, 0.25) is 0 Å². The number of nitrogens with zero attached hydrogens (tertiary/aromatic N) is 2. The normalized spacial score (nSPS) is 23.7. The first-order chi connectivity index (χ1) is 11.1. The minimum absolute atomic E-state index is 0.0573. The Balaban J connectivity index is 2.31. The van der Waals surface area contributed by atoms with E-state index in [1.165, 1.54) is 32.1 Å². The number of rotatable bonds is 12. The van der Waals surface area contributed by atoms with Crippen molar-refractivity contribution in [3.8, 4) is 0 Å². The van der Waals surface area contributed by atoms with Gasteiger partial charge in [-0.05, 0) is 26.2 Å². The van der Waals surface area contributed by atoms with Gasteiger partial charge in [-0.25, -0.2) is 4.99 Å². The molecular weight excluding hydrogens is 286 g/mol. The second-order valence-electron chi connectivity index (χ2n) is 6.63. The van der Waals surface area contributed by atoms with Crippen molar-refractivity contribution in [2.45, 2.75) is 71.9 Å². The third-order valence-electron chi connectivity index (χ3n) is 4.90. The van der Waals surface area contributed by atoms with Crippen molar-refractivity contribution in [3.05, 3.63) is 12.2 Å². The summed E-state index contributed by atoms with van der Waals surface area (Å²) in [5.41, 5.74) is 0. The quantitative estimate of drug-likeness (QED) is 0.332. The highest BCUT2D eigenvalue weighted by Gasteiger charge is 2.37. The number of hydrogen-bond donors (Lipinski definition) is 1. The molecule has 0 aromatic rings. The molecule has 1 rings (SSSR count). The van der Waals surface area contributed by atoms with E-state index in [1.54, 1.807) is 6.92 Å². The van der Waals surface area contributed by atoms with Crippen LogP contribution in [0, 0.1) is 0 Å². The monoisotopic (exact) mass is 322 g/mol. The predicted octanol–water partition coefficient (Wildman–Crippen LogP) is 3.68. The van der Waals surface area contributed by atoms with Crippen molar-refractivity contribution in [3.63, 3.8) is 0 Å².